The number of halogens is 2. The Balaban J connectivity index is 1.57. The molecule has 3 heterocycles. The molecule has 1 fully saturated rings. The van der Waals surface area contributed by atoms with Crippen molar-refractivity contribution < 1.29 is 14.0 Å². The lowest BCUT2D eigenvalue weighted by atomic mass is 9.79. The molecule has 0 aliphatic carbocycles. The lowest BCUT2D eigenvalue weighted by molar-refractivity contribution is 0.00578. The van der Waals surface area contributed by atoms with Gasteiger partial charge in [-0.3, -0.25) is 9.13 Å². The minimum Gasteiger partial charge on any atom is -0.399 e. The number of aromatic nitrogens is 5. The number of hydrogen-bond donors (Lipinski definition) is 0. The fourth-order valence-corrected chi connectivity index (χ4v) is 5.49. The van der Waals surface area contributed by atoms with Crippen LogP contribution in [0.4, 0.5) is 0 Å². The maximum Gasteiger partial charge on any atom is 0.494 e. The molecule has 1 aliphatic rings. The summed E-state index contributed by atoms with van der Waals surface area (Å²) in [7, 11) is -1.73. The first-order chi connectivity index (χ1) is 18.3. The molecule has 39 heavy (non-hydrogen) atoms. The van der Waals surface area contributed by atoms with Crippen LogP contribution in [-0.2, 0) is 20.8 Å². The Morgan fingerprint density at radius 1 is 1.00 bits per heavy atom. The Kier molecular flexibility index (Phi) is 7.50. The second-order valence-electron chi connectivity index (χ2n) is 12.1. The molecule has 12 heteroatoms. The number of hydrogen-bond acceptors (Lipinski definition) is 6. The van der Waals surface area contributed by atoms with Crippen molar-refractivity contribution in [2.75, 3.05) is 6.61 Å². The van der Waals surface area contributed by atoms with Gasteiger partial charge < -0.3 is 14.0 Å². The molecule has 206 valence electrons. The van der Waals surface area contributed by atoms with E-state index in [4.69, 9.17) is 42.2 Å². The molecular weight excluding hydrogens is 552 g/mol. The number of nitrogens with zero attached hydrogens (tertiary/aromatic N) is 5. The van der Waals surface area contributed by atoms with E-state index in [0.717, 1.165) is 22.5 Å². The van der Waals surface area contributed by atoms with E-state index in [-0.39, 0.29) is 0 Å². The van der Waals surface area contributed by atoms with Gasteiger partial charge in [-0.15, -0.1) is 10.2 Å². The normalized spacial score (nSPS) is 16.9. The van der Waals surface area contributed by atoms with Crippen LogP contribution in [0.3, 0.4) is 0 Å². The Hall–Kier alpha value is -2.21. The van der Waals surface area contributed by atoms with E-state index in [9.17, 15) is 0 Å². The van der Waals surface area contributed by atoms with E-state index < -0.39 is 26.4 Å². The molecule has 1 aliphatic heterocycles. The van der Waals surface area contributed by atoms with Crippen molar-refractivity contribution in [3.63, 3.8) is 0 Å². The fraction of sp³-hybridized carbons (Fsp3) is 0.444. The average Bonchev–Trinajstić information content (AvgIpc) is 3.51. The summed E-state index contributed by atoms with van der Waals surface area (Å²) in [5.74, 6) is 1.14. The predicted molar refractivity (Wildman–Crippen MR) is 160 cm³/mol. The van der Waals surface area contributed by atoms with E-state index in [1.807, 2.05) is 62.6 Å². The van der Waals surface area contributed by atoms with Crippen LogP contribution in [0, 0.1) is 0 Å². The lowest BCUT2D eigenvalue weighted by Gasteiger charge is -2.32. The van der Waals surface area contributed by atoms with Crippen molar-refractivity contribution in [1.29, 1.82) is 0 Å². The Morgan fingerprint density at radius 2 is 1.72 bits per heavy atom. The molecule has 0 bridgehead atoms. The number of fused-ring (bicyclic) bond motifs is 1. The van der Waals surface area contributed by atoms with E-state index in [2.05, 4.69) is 29.8 Å². The molecule has 4 aromatic rings. The Morgan fingerprint density at radius 3 is 2.41 bits per heavy atom. The summed E-state index contributed by atoms with van der Waals surface area (Å²) in [6.45, 7) is 16.2. The standard InChI is InChI=1S/C27H34BCl2N5O3Si/c1-26(2)27(3,4)38-28(37-26)18-11-12-21-20(15-18)32-24(35(21)17-36-13-14-39(5,6)7)25-33-31-16-34(25)22-10-8-9-19(29)23(22)30/h8-12,15-16H,13-14,17H2,1-7H3. The summed E-state index contributed by atoms with van der Waals surface area (Å²) in [5.41, 5.74) is 2.38. The van der Waals surface area contributed by atoms with Gasteiger partial charge >= 0.3 is 7.12 Å². The van der Waals surface area contributed by atoms with Crippen LogP contribution in [0.15, 0.2) is 42.7 Å². The third-order valence-electron chi connectivity index (χ3n) is 7.45. The minimum absolute atomic E-state index is 0.322. The zero-order chi connectivity index (χ0) is 28.2. The number of benzene rings is 2. The highest BCUT2D eigenvalue weighted by Crippen LogP contribution is 2.37. The van der Waals surface area contributed by atoms with Crippen molar-refractivity contribution in [3.8, 4) is 17.3 Å². The van der Waals surface area contributed by atoms with Gasteiger partial charge in [-0.1, -0.05) is 55.0 Å². The van der Waals surface area contributed by atoms with Gasteiger partial charge in [0.05, 0.1) is 38.0 Å². The molecule has 8 nitrogen and oxygen atoms in total. The van der Waals surface area contributed by atoms with Crippen molar-refractivity contribution in [2.45, 2.75) is 71.3 Å². The highest BCUT2D eigenvalue weighted by molar-refractivity contribution is 6.76. The van der Waals surface area contributed by atoms with Crippen LogP contribution in [-0.4, -0.2) is 57.3 Å². The maximum absolute atomic E-state index is 6.56. The SMILES string of the molecule is CC1(C)OB(c2ccc3c(c2)nc(-c2nncn2-c2cccc(Cl)c2Cl)n3COCC[Si](C)(C)C)OC1(C)C. The summed E-state index contributed by atoms with van der Waals surface area (Å²) in [6, 6.07) is 12.6. The minimum atomic E-state index is -1.24. The van der Waals surface area contributed by atoms with Gasteiger partial charge in [0.15, 0.2) is 5.82 Å². The third kappa shape index (κ3) is 5.55. The predicted octanol–water partition coefficient (Wildman–Crippen LogP) is 6.20. The van der Waals surface area contributed by atoms with E-state index in [1.54, 1.807) is 17.0 Å². The first kappa shape index (κ1) is 28.3. The second kappa shape index (κ2) is 10.3. The molecule has 0 unspecified atom stereocenters. The van der Waals surface area contributed by atoms with Crippen LogP contribution in [0.5, 0.6) is 0 Å². The van der Waals surface area contributed by atoms with Gasteiger partial charge in [0.2, 0.25) is 5.82 Å². The summed E-state index contributed by atoms with van der Waals surface area (Å²) in [6.07, 6.45) is 1.61. The lowest BCUT2D eigenvalue weighted by Crippen LogP contribution is -2.41. The van der Waals surface area contributed by atoms with Crippen LogP contribution < -0.4 is 5.46 Å². The number of rotatable bonds is 8. The molecule has 0 N–H and O–H groups in total. The van der Waals surface area contributed by atoms with Gasteiger partial charge in [-0.25, -0.2) is 4.98 Å². The molecule has 0 spiro atoms. The van der Waals surface area contributed by atoms with Gasteiger partial charge in [0.25, 0.3) is 0 Å². The van der Waals surface area contributed by atoms with Crippen molar-refractivity contribution >= 4 is 54.9 Å². The molecule has 0 radical (unpaired) electrons. The zero-order valence-corrected chi connectivity index (χ0v) is 26.0. The molecule has 0 saturated carbocycles. The fourth-order valence-electron chi connectivity index (χ4n) is 4.35. The van der Waals surface area contributed by atoms with Gasteiger partial charge in [-0.2, -0.15) is 0 Å². The van der Waals surface area contributed by atoms with Crippen LogP contribution in [0.25, 0.3) is 28.4 Å². The van der Waals surface area contributed by atoms with Crippen LogP contribution in [0.2, 0.25) is 35.7 Å². The summed E-state index contributed by atoms with van der Waals surface area (Å²) >= 11 is 12.9. The molecule has 0 amide bonds. The largest absolute Gasteiger partial charge is 0.494 e. The summed E-state index contributed by atoms with van der Waals surface area (Å²) in [4.78, 5) is 5.01. The zero-order valence-electron chi connectivity index (χ0n) is 23.5. The summed E-state index contributed by atoms with van der Waals surface area (Å²) in [5, 5.41) is 9.47. The third-order valence-corrected chi connectivity index (χ3v) is 9.97. The average molecular weight is 586 g/mol. The molecule has 2 aromatic heterocycles. The van der Waals surface area contributed by atoms with Gasteiger partial charge in [0, 0.05) is 14.7 Å². The van der Waals surface area contributed by atoms with Gasteiger partial charge in [0.1, 0.15) is 13.1 Å². The van der Waals surface area contributed by atoms with Crippen LogP contribution in [0.1, 0.15) is 27.7 Å². The van der Waals surface area contributed by atoms with Crippen molar-refractivity contribution in [1.82, 2.24) is 24.3 Å². The molecule has 1 saturated heterocycles. The smallest absolute Gasteiger partial charge is 0.399 e. The first-order valence-electron chi connectivity index (χ1n) is 13.1. The Labute approximate surface area is 240 Å². The monoisotopic (exact) mass is 585 g/mol. The second-order valence-corrected chi connectivity index (χ2v) is 18.6. The molecular formula is C27H34BCl2N5O3Si. The molecule has 2 aromatic carbocycles. The van der Waals surface area contributed by atoms with Crippen molar-refractivity contribution in [2.24, 2.45) is 0 Å². The van der Waals surface area contributed by atoms with E-state index >= 15 is 0 Å². The van der Waals surface area contributed by atoms with E-state index in [1.165, 1.54) is 0 Å². The van der Waals surface area contributed by atoms with Crippen molar-refractivity contribution in [3.05, 3.63) is 52.8 Å². The topological polar surface area (TPSA) is 76.2 Å². The maximum atomic E-state index is 6.56. The van der Waals surface area contributed by atoms with Gasteiger partial charge in [-0.05, 0) is 63.5 Å². The number of imidazole rings is 1. The molecule has 5 rings (SSSR count). The highest BCUT2D eigenvalue weighted by atomic mass is 35.5. The van der Waals surface area contributed by atoms with Crippen LogP contribution >= 0.6 is 23.2 Å². The molecule has 0 atom stereocenters. The highest BCUT2D eigenvalue weighted by Gasteiger charge is 2.51. The quantitative estimate of drug-likeness (QED) is 0.181. The summed E-state index contributed by atoms with van der Waals surface area (Å²) < 4.78 is 22.6. The number of ether oxygens (including phenoxy) is 1. The first-order valence-corrected chi connectivity index (χ1v) is 17.5. The van der Waals surface area contributed by atoms with E-state index in [0.29, 0.717) is 40.7 Å². The Bertz CT molecular complexity index is 1500.